The van der Waals surface area contributed by atoms with Crippen LogP contribution in [0.3, 0.4) is 0 Å². The van der Waals surface area contributed by atoms with Gasteiger partial charge in [0.1, 0.15) is 23.9 Å². The molecule has 0 fully saturated rings. The van der Waals surface area contributed by atoms with Crippen LogP contribution in [-0.4, -0.2) is 43.1 Å². The molecule has 4 rings (SSSR count). The van der Waals surface area contributed by atoms with E-state index in [1.54, 1.807) is 24.4 Å². The number of nitrogens with zero attached hydrogens (tertiary/aromatic N) is 2. The van der Waals surface area contributed by atoms with Crippen molar-refractivity contribution in [2.24, 2.45) is 0 Å². The largest absolute Gasteiger partial charge is 0.496 e. The molecule has 41 heavy (non-hydrogen) atoms. The van der Waals surface area contributed by atoms with E-state index in [1.807, 2.05) is 50.2 Å². The third kappa shape index (κ3) is 6.59. The van der Waals surface area contributed by atoms with Crippen molar-refractivity contribution in [2.45, 2.75) is 20.5 Å². The Hall–Kier alpha value is -5.02. The van der Waals surface area contributed by atoms with Gasteiger partial charge in [-0.05, 0) is 48.2 Å². The van der Waals surface area contributed by atoms with Crippen LogP contribution < -0.4 is 20.1 Å². The van der Waals surface area contributed by atoms with Gasteiger partial charge in [0.2, 0.25) is 0 Å². The van der Waals surface area contributed by atoms with Crippen molar-refractivity contribution in [3.05, 3.63) is 101 Å². The van der Waals surface area contributed by atoms with Crippen molar-refractivity contribution in [1.82, 2.24) is 9.97 Å². The predicted octanol–water partition coefficient (Wildman–Crippen LogP) is 6.56. The second kappa shape index (κ2) is 13.4. The number of pyridine rings is 2. The molecule has 2 aromatic carbocycles. The average Bonchev–Trinajstić information content (AvgIpc) is 3.00. The second-order valence-electron chi connectivity index (χ2n) is 9.13. The number of hydrogen-bond acceptors (Lipinski definition) is 8. The highest BCUT2D eigenvalue weighted by molar-refractivity contribution is 6.04. The normalized spacial score (nSPS) is 10.5. The van der Waals surface area contributed by atoms with Crippen LogP contribution in [0.25, 0.3) is 17.2 Å². The molecule has 2 aromatic heterocycles. The van der Waals surface area contributed by atoms with E-state index in [2.05, 4.69) is 27.2 Å². The lowest BCUT2D eigenvalue weighted by Gasteiger charge is -2.17. The fourth-order valence-electron chi connectivity index (χ4n) is 4.39. The van der Waals surface area contributed by atoms with E-state index in [0.29, 0.717) is 40.3 Å². The van der Waals surface area contributed by atoms with E-state index in [4.69, 9.17) is 14.2 Å². The first-order valence-corrected chi connectivity index (χ1v) is 12.9. The number of amides is 1. The van der Waals surface area contributed by atoms with Gasteiger partial charge in [-0.3, -0.25) is 19.6 Å². The average molecular weight is 557 g/mol. The number of anilines is 2. The number of aromatic nitrogens is 2. The first kappa shape index (κ1) is 29.0. The molecule has 0 aliphatic carbocycles. The SMILES string of the molecule is C=Cc1cnc(C(=O)Nc2cccc(-c3cccc(NCOCc4cc(OC)c(C=O)cn4)c3C)c2C)cc1OC.[HH].[HH]. The monoisotopic (exact) mass is 556 g/mol. The second-order valence-corrected chi connectivity index (χ2v) is 9.13. The number of rotatable bonds is 12. The lowest BCUT2D eigenvalue weighted by molar-refractivity contribution is 0.102. The van der Waals surface area contributed by atoms with Gasteiger partial charge in [-0.2, -0.15) is 0 Å². The zero-order valence-electron chi connectivity index (χ0n) is 23.5. The molecule has 214 valence electrons. The molecule has 9 nitrogen and oxygen atoms in total. The minimum Gasteiger partial charge on any atom is -0.496 e. The summed E-state index contributed by atoms with van der Waals surface area (Å²) in [4.78, 5) is 32.6. The lowest BCUT2D eigenvalue weighted by atomic mass is 9.94. The number of nitrogens with one attached hydrogen (secondary N) is 2. The van der Waals surface area contributed by atoms with Crippen LogP contribution in [0.1, 0.15) is 46.1 Å². The van der Waals surface area contributed by atoms with Crippen molar-refractivity contribution in [3.63, 3.8) is 0 Å². The summed E-state index contributed by atoms with van der Waals surface area (Å²) in [6.45, 7) is 8.24. The van der Waals surface area contributed by atoms with Crippen molar-refractivity contribution < 1.29 is 26.7 Å². The summed E-state index contributed by atoms with van der Waals surface area (Å²) in [5, 5.41) is 6.30. The van der Waals surface area contributed by atoms with Crippen molar-refractivity contribution in [1.29, 1.82) is 0 Å². The summed E-state index contributed by atoms with van der Waals surface area (Å²) in [5.74, 6) is 0.651. The van der Waals surface area contributed by atoms with E-state index in [9.17, 15) is 9.59 Å². The molecular formula is C32H36N4O5. The molecule has 9 heteroatoms. The Bertz CT molecular complexity index is 1600. The Morgan fingerprint density at radius 3 is 2.22 bits per heavy atom. The molecule has 0 saturated carbocycles. The van der Waals surface area contributed by atoms with Crippen molar-refractivity contribution in [2.75, 3.05) is 31.6 Å². The highest BCUT2D eigenvalue weighted by atomic mass is 16.5. The van der Waals surface area contributed by atoms with E-state index in [0.717, 1.165) is 27.9 Å². The molecule has 1 amide bonds. The number of carbonyl (C=O) groups is 2. The Kier molecular flexibility index (Phi) is 9.44. The van der Waals surface area contributed by atoms with Crippen LogP contribution in [0.5, 0.6) is 11.5 Å². The summed E-state index contributed by atoms with van der Waals surface area (Å²) < 4.78 is 16.3. The molecule has 2 heterocycles. The minimum atomic E-state index is -0.337. The van der Waals surface area contributed by atoms with Gasteiger partial charge in [-0.15, -0.1) is 0 Å². The fraction of sp³-hybridized carbons (Fsp3) is 0.188. The Morgan fingerprint density at radius 2 is 1.56 bits per heavy atom. The number of aldehydes is 1. The molecule has 0 bridgehead atoms. The van der Waals surface area contributed by atoms with Gasteiger partial charge in [-0.25, -0.2) is 0 Å². The number of carbonyl (C=O) groups excluding carboxylic acids is 2. The van der Waals surface area contributed by atoms with E-state index < -0.39 is 0 Å². The Morgan fingerprint density at radius 1 is 0.927 bits per heavy atom. The van der Waals surface area contributed by atoms with Gasteiger partial charge < -0.3 is 24.8 Å². The highest BCUT2D eigenvalue weighted by Gasteiger charge is 2.15. The molecule has 0 saturated heterocycles. The number of benzene rings is 2. The third-order valence-electron chi connectivity index (χ3n) is 6.69. The molecule has 4 aromatic rings. The van der Waals surface area contributed by atoms with Crippen LogP contribution >= 0.6 is 0 Å². The summed E-state index contributed by atoms with van der Waals surface area (Å²) >= 11 is 0. The van der Waals surface area contributed by atoms with Crippen LogP contribution in [0, 0.1) is 13.8 Å². The fourth-order valence-corrected chi connectivity index (χ4v) is 4.39. The van der Waals surface area contributed by atoms with Gasteiger partial charge in [-0.1, -0.05) is 36.9 Å². The smallest absolute Gasteiger partial charge is 0.274 e. The molecule has 0 unspecified atom stereocenters. The zero-order valence-corrected chi connectivity index (χ0v) is 23.5. The minimum absolute atomic E-state index is 0. The topological polar surface area (TPSA) is 112 Å². The van der Waals surface area contributed by atoms with E-state index >= 15 is 0 Å². The molecule has 0 aliphatic rings. The first-order chi connectivity index (χ1) is 19.9. The standard InChI is InChI=1S/C32H32N4O5.2H2/c1-6-22-15-34-29(14-31(22)40-5)32(38)36-28-12-8-10-26(21(28)3)25-9-7-11-27(20(25)2)35-19-41-18-24-13-30(39-4)23(17-37)16-33-24;;/h6-17,35H,1,18-19H2,2-5H3,(H,36,38);2*1H. The van der Waals surface area contributed by atoms with Gasteiger partial charge >= 0.3 is 0 Å². The highest BCUT2D eigenvalue weighted by Crippen LogP contribution is 2.34. The molecule has 0 radical (unpaired) electrons. The Balaban J connectivity index is 0.00000323. The van der Waals surface area contributed by atoms with Gasteiger partial charge in [0.25, 0.3) is 5.91 Å². The lowest BCUT2D eigenvalue weighted by Crippen LogP contribution is -2.15. The van der Waals surface area contributed by atoms with Crippen LogP contribution in [0.15, 0.2) is 67.5 Å². The van der Waals surface area contributed by atoms with Gasteiger partial charge in [0.15, 0.2) is 6.29 Å². The summed E-state index contributed by atoms with van der Waals surface area (Å²) in [6, 6.07) is 15.1. The predicted molar refractivity (Wildman–Crippen MR) is 164 cm³/mol. The van der Waals surface area contributed by atoms with Crippen LogP contribution in [0.4, 0.5) is 11.4 Å². The molecule has 0 aliphatic heterocycles. The van der Waals surface area contributed by atoms with Crippen molar-refractivity contribution in [3.8, 4) is 22.6 Å². The quantitative estimate of drug-likeness (QED) is 0.115. The molecular weight excluding hydrogens is 520 g/mol. The molecule has 2 N–H and O–H groups in total. The maximum Gasteiger partial charge on any atom is 0.274 e. The first-order valence-electron chi connectivity index (χ1n) is 12.9. The summed E-state index contributed by atoms with van der Waals surface area (Å²) in [6.07, 6.45) is 5.36. The summed E-state index contributed by atoms with van der Waals surface area (Å²) in [7, 11) is 3.05. The van der Waals surface area contributed by atoms with Gasteiger partial charge in [0, 0.05) is 44.3 Å². The third-order valence-corrected chi connectivity index (χ3v) is 6.69. The van der Waals surface area contributed by atoms with E-state index in [-0.39, 0.29) is 27.8 Å². The maximum absolute atomic E-state index is 13.0. The van der Waals surface area contributed by atoms with Crippen LogP contribution in [0.2, 0.25) is 0 Å². The molecule has 0 spiro atoms. The van der Waals surface area contributed by atoms with E-state index in [1.165, 1.54) is 20.4 Å². The van der Waals surface area contributed by atoms with Gasteiger partial charge in [0.05, 0.1) is 32.1 Å². The van der Waals surface area contributed by atoms with Crippen molar-refractivity contribution >= 4 is 29.6 Å². The number of hydrogen-bond donors (Lipinski definition) is 2. The number of ether oxygens (including phenoxy) is 3. The zero-order chi connectivity index (χ0) is 29.4. The molecule has 0 atom stereocenters. The van der Waals surface area contributed by atoms with Crippen LogP contribution in [-0.2, 0) is 11.3 Å². The number of methoxy groups -OCH3 is 2. The summed E-state index contributed by atoms with van der Waals surface area (Å²) in [5.41, 5.74) is 7.56. The maximum atomic E-state index is 13.0. The Labute approximate surface area is 242 Å².